The number of hydrogen-bond donors (Lipinski definition) is 1. The average Bonchev–Trinajstić information content (AvgIpc) is 2.69. The van der Waals surface area contributed by atoms with Gasteiger partial charge in [0.05, 0.1) is 0 Å². The van der Waals surface area contributed by atoms with Crippen LogP contribution in [-0.4, -0.2) is 32.1 Å². The summed E-state index contributed by atoms with van der Waals surface area (Å²) >= 11 is 0. The zero-order valence-electron chi connectivity index (χ0n) is 10.9. The molecule has 3 rings (SSSR count). The van der Waals surface area contributed by atoms with Crippen molar-refractivity contribution in [2.75, 3.05) is 27.2 Å². The Morgan fingerprint density at radius 1 is 1.18 bits per heavy atom. The van der Waals surface area contributed by atoms with Crippen LogP contribution in [0.2, 0.25) is 0 Å². The Morgan fingerprint density at radius 2 is 1.94 bits per heavy atom. The summed E-state index contributed by atoms with van der Waals surface area (Å²) in [7, 11) is 4.41. The molecule has 1 atom stereocenters. The highest BCUT2D eigenvalue weighted by atomic mass is 15.1. The van der Waals surface area contributed by atoms with Gasteiger partial charge in [-0.3, -0.25) is 0 Å². The quantitative estimate of drug-likeness (QED) is 0.854. The van der Waals surface area contributed by atoms with Gasteiger partial charge in [-0.25, -0.2) is 0 Å². The molecule has 0 aromatic heterocycles. The Morgan fingerprint density at radius 3 is 2.59 bits per heavy atom. The van der Waals surface area contributed by atoms with E-state index in [2.05, 4.69) is 42.5 Å². The Hall–Kier alpha value is -0.860. The van der Waals surface area contributed by atoms with Crippen molar-refractivity contribution in [3.8, 4) is 0 Å². The molecule has 1 unspecified atom stereocenters. The second-order valence-electron chi connectivity index (χ2n) is 5.71. The topological polar surface area (TPSA) is 15.3 Å². The Balaban J connectivity index is 1.90. The van der Waals surface area contributed by atoms with Gasteiger partial charge in [-0.1, -0.05) is 18.2 Å². The maximum absolute atomic E-state index is 3.39. The minimum atomic E-state index is 0.585. The molecule has 1 saturated heterocycles. The summed E-state index contributed by atoms with van der Waals surface area (Å²) in [4.78, 5) is 2.38. The first kappa shape index (κ1) is 11.2. The first-order valence-electron chi connectivity index (χ1n) is 6.74. The van der Waals surface area contributed by atoms with Crippen LogP contribution in [0.4, 0.5) is 0 Å². The monoisotopic (exact) mass is 230 g/mol. The van der Waals surface area contributed by atoms with Crippen LogP contribution in [0.15, 0.2) is 18.2 Å². The molecule has 0 radical (unpaired) electrons. The summed E-state index contributed by atoms with van der Waals surface area (Å²) < 4.78 is 0. The number of aryl methyl sites for hydroxylation is 2. The van der Waals surface area contributed by atoms with Gasteiger partial charge in [-0.05, 0) is 50.0 Å². The van der Waals surface area contributed by atoms with Gasteiger partial charge in [0.15, 0.2) is 0 Å². The van der Waals surface area contributed by atoms with Crippen molar-refractivity contribution in [2.24, 2.45) is 5.92 Å². The molecule has 0 bridgehead atoms. The normalized spacial score (nSPS) is 21.4. The smallest absolute Gasteiger partial charge is 0.0394 e. The molecule has 2 nitrogen and oxygen atoms in total. The number of rotatable bonds is 3. The van der Waals surface area contributed by atoms with E-state index in [0.717, 1.165) is 5.92 Å². The van der Waals surface area contributed by atoms with Gasteiger partial charge >= 0.3 is 0 Å². The lowest BCUT2D eigenvalue weighted by atomic mass is 9.86. The van der Waals surface area contributed by atoms with Crippen LogP contribution in [0.5, 0.6) is 0 Å². The molecule has 1 N–H and O–H groups in total. The Labute approximate surface area is 104 Å². The number of benzene rings is 1. The maximum Gasteiger partial charge on any atom is 0.0394 e. The molecule has 0 saturated carbocycles. The summed E-state index contributed by atoms with van der Waals surface area (Å²) in [6.07, 6.45) is 3.91. The summed E-state index contributed by atoms with van der Waals surface area (Å²) in [5.74, 6) is 0.782. The van der Waals surface area contributed by atoms with E-state index in [1.807, 2.05) is 0 Å². The highest BCUT2D eigenvalue weighted by molar-refractivity contribution is 5.37. The van der Waals surface area contributed by atoms with Crippen molar-refractivity contribution >= 4 is 0 Å². The SMILES string of the molecule is CN(C)C(c1ccc2c(c1)CCC2)C1CNC1. The van der Waals surface area contributed by atoms with Gasteiger partial charge in [0.25, 0.3) is 0 Å². The molecule has 0 spiro atoms. The minimum Gasteiger partial charge on any atom is -0.316 e. The first-order valence-corrected chi connectivity index (χ1v) is 6.74. The summed E-state index contributed by atoms with van der Waals surface area (Å²) in [5.41, 5.74) is 4.70. The molecule has 1 fully saturated rings. The molecular formula is C15H22N2. The van der Waals surface area contributed by atoms with Crippen LogP contribution in [0.1, 0.15) is 29.2 Å². The second-order valence-corrected chi connectivity index (χ2v) is 5.71. The number of nitrogens with zero attached hydrogens (tertiary/aromatic N) is 1. The predicted molar refractivity (Wildman–Crippen MR) is 71.3 cm³/mol. The molecule has 17 heavy (non-hydrogen) atoms. The average molecular weight is 230 g/mol. The van der Waals surface area contributed by atoms with Crippen molar-refractivity contribution in [1.82, 2.24) is 10.2 Å². The van der Waals surface area contributed by atoms with Crippen LogP contribution >= 0.6 is 0 Å². The fourth-order valence-electron chi connectivity index (χ4n) is 3.30. The number of nitrogens with one attached hydrogen (secondary N) is 1. The van der Waals surface area contributed by atoms with Gasteiger partial charge < -0.3 is 10.2 Å². The van der Waals surface area contributed by atoms with Gasteiger partial charge in [0.2, 0.25) is 0 Å². The molecule has 92 valence electrons. The lowest BCUT2D eigenvalue weighted by Gasteiger charge is -2.39. The van der Waals surface area contributed by atoms with E-state index >= 15 is 0 Å². The van der Waals surface area contributed by atoms with Crippen molar-refractivity contribution in [2.45, 2.75) is 25.3 Å². The fraction of sp³-hybridized carbons (Fsp3) is 0.600. The largest absolute Gasteiger partial charge is 0.316 e. The zero-order chi connectivity index (χ0) is 11.8. The van der Waals surface area contributed by atoms with E-state index in [0.29, 0.717) is 6.04 Å². The van der Waals surface area contributed by atoms with Gasteiger partial charge in [0, 0.05) is 25.0 Å². The molecule has 2 aliphatic rings. The van der Waals surface area contributed by atoms with Gasteiger partial charge in [-0.2, -0.15) is 0 Å². The molecule has 1 aliphatic heterocycles. The van der Waals surface area contributed by atoms with E-state index in [9.17, 15) is 0 Å². The van der Waals surface area contributed by atoms with Crippen LogP contribution in [0.3, 0.4) is 0 Å². The molecule has 1 aromatic carbocycles. The zero-order valence-corrected chi connectivity index (χ0v) is 10.9. The van der Waals surface area contributed by atoms with E-state index in [-0.39, 0.29) is 0 Å². The highest BCUT2D eigenvalue weighted by Crippen LogP contribution is 2.32. The summed E-state index contributed by atoms with van der Waals surface area (Å²) in [5, 5.41) is 3.39. The third-order valence-electron chi connectivity index (χ3n) is 4.28. The van der Waals surface area contributed by atoms with Gasteiger partial charge in [-0.15, -0.1) is 0 Å². The van der Waals surface area contributed by atoms with E-state index in [4.69, 9.17) is 0 Å². The maximum atomic E-state index is 3.39. The van der Waals surface area contributed by atoms with Crippen LogP contribution < -0.4 is 5.32 Å². The van der Waals surface area contributed by atoms with Crippen molar-refractivity contribution in [3.05, 3.63) is 34.9 Å². The van der Waals surface area contributed by atoms with Crippen molar-refractivity contribution in [1.29, 1.82) is 0 Å². The number of hydrogen-bond acceptors (Lipinski definition) is 2. The lowest BCUT2D eigenvalue weighted by molar-refractivity contribution is 0.161. The van der Waals surface area contributed by atoms with Crippen molar-refractivity contribution < 1.29 is 0 Å². The Bertz CT molecular complexity index is 407. The van der Waals surface area contributed by atoms with Crippen molar-refractivity contribution in [3.63, 3.8) is 0 Å². The summed E-state index contributed by atoms with van der Waals surface area (Å²) in [6.45, 7) is 2.33. The van der Waals surface area contributed by atoms with E-state index < -0.39 is 0 Å². The molecule has 1 aliphatic carbocycles. The number of fused-ring (bicyclic) bond motifs is 1. The predicted octanol–water partition coefficient (Wildman–Crippen LogP) is 2.00. The molecule has 2 heteroatoms. The third kappa shape index (κ3) is 2.00. The molecule has 1 aromatic rings. The fourth-order valence-corrected chi connectivity index (χ4v) is 3.30. The van der Waals surface area contributed by atoms with Crippen LogP contribution in [-0.2, 0) is 12.8 Å². The van der Waals surface area contributed by atoms with E-state index in [1.54, 1.807) is 11.1 Å². The van der Waals surface area contributed by atoms with Gasteiger partial charge in [0.1, 0.15) is 0 Å². The Kier molecular flexibility index (Phi) is 2.93. The minimum absolute atomic E-state index is 0.585. The standard InChI is InChI=1S/C15H22N2/c1-17(2)15(14-9-16-10-14)13-7-6-11-4-3-5-12(11)8-13/h6-8,14-16H,3-5,9-10H2,1-2H3. The van der Waals surface area contributed by atoms with Crippen LogP contribution in [0, 0.1) is 5.92 Å². The lowest BCUT2D eigenvalue weighted by Crippen LogP contribution is -2.48. The highest BCUT2D eigenvalue weighted by Gasteiger charge is 2.30. The second kappa shape index (κ2) is 4.43. The first-order chi connectivity index (χ1) is 8.25. The molecular weight excluding hydrogens is 208 g/mol. The third-order valence-corrected chi connectivity index (χ3v) is 4.28. The molecule has 1 heterocycles. The molecule has 0 amide bonds. The van der Waals surface area contributed by atoms with E-state index in [1.165, 1.54) is 37.9 Å². The summed E-state index contributed by atoms with van der Waals surface area (Å²) in [6, 6.07) is 7.76. The van der Waals surface area contributed by atoms with Crippen LogP contribution in [0.25, 0.3) is 0 Å².